The maximum atomic E-state index is 12.4. The summed E-state index contributed by atoms with van der Waals surface area (Å²) in [4.78, 5) is 38.1. The number of carboxylic acids is 1. The molecule has 0 radical (unpaired) electrons. The molecule has 6 heteroatoms. The van der Waals surface area contributed by atoms with Crippen LogP contribution in [0.15, 0.2) is 0 Å². The van der Waals surface area contributed by atoms with Gasteiger partial charge < -0.3 is 14.9 Å². The highest BCUT2D eigenvalue weighted by atomic mass is 16.4. The Hall–Kier alpha value is -1.59. The number of hydrogen-bond acceptors (Lipinski definition) is 3. The van der Waals surface area contributed by atoms with Gasteiger partial charge in [0.15, 0.2) is 0 Å². The molecule has 1 unspecified atom stereocenters. The molecular formula is C13H20N2O4. The van der Waals surface area contributed by atoms with Gasteiger partial charge in [-0.25, -0.2) is 4.79 Å². The van der Waals surface area contributed by atoms with Crippen molar-refractivity contribution in [2.45, 2.75) is 38.6 Å². The van der Waals surface area contributed by atoms with Crippen molar-refractivity contribution in [2.24, 2.45) is 5.92 Å². The lowest BCUT2D eigenvalue weighted by molar-refractivity contribution is -0.151. The van der Waals surface area contributed by atoms with Crippen LogP contribution in [0.25, 0.3) is 0 Å². The van der Waals surface area contributed by atoms with Gasteiger partial charge in [-0.2, -0.15) is 0 Å². The molecule has 2 atom stereocenters. The van der Waals surface area contributed by atoms with E-state index < -0.39 is 12.0 Å². The molecule has 2 amide bonds. The highest BCUT2D eigenvalue weighted by Crippen LogP contribution is 2.24. The zero-order chi connectivity index (χ0) is 14.0. The van der Waals surface area contributed by atoms with E-state index in [1.54, 1.807) is 4.90 Å². The van der Waals surface area contributed by atoms with Crippen molar-refractivity contribution >= 4 is 17.8 Å². The van der Waals surface area contributed by atoms with Crippen molar-refractivity contribution in [3.8, 4) is 0 Å². The Morgan fingerprint density at radius 2 is 1.79 bits per heavy atom. The van der Waals surface area contributed by atoms with E-state index in [-0.39, 0.29) is 17.7 Å². The molecule has 2 fully saturated rings. The van der Waals surface area contributed by atoms with Gasteiger partial charge in [0.2, 0.25) is 11.8 Å². The summed E-state index contributed by atoms with van der Waals surface area (Å²) in [5.41, 5.74) is 0. The van der Waals surface area contributed by atoms with E-state index in [1.807, 2.05) is 0 Å². The third-order valence-electron chi connectivity index (χ3n) is 4.04. The van der Waals surface area contributed by atoms with Crippen LogP contribution in [0.2, 0.25) is 0 Å². The van der Waals surface area contributed by atoms with Gasteiger partial charge in [-0.3, -0.25) is 9.59 Å². The summed E-state index contributed by atoms with van der Waals surface area (Å²) < 4.78 is 0. The van der Waals surface area contributed by atoms with E-state index in [9.17, 15) is 14.4 Å². The summed E-state index contributed by atoms with van der Waals surface area (Å²) in [6.07, 6.45) is 2.82. The van der Waals surface area contributed by atoms with Gasteiger partial charge in [-0.15, -0.1) is 0 Å². The second kappa shape index (κ2) is 5.59. The van der Waals surface area contributed by atoms with E-state index in [0.29, 0.717) is 26.1 Å². The molecule has 6 nitrogen and oxygen atoms in total. The van der Waals surface area contributed by atoms with Crippen molar-refractivity contribution in [2.75, 3.05) is 19.6 Å². The highest BCUT2D eigenvalue weighted by Gasteiger charge is 2.38. The second-order valence-corrected chi connectivity index (χ2v) is 5.33. The fraction of sp³-hybridized carbons (Fsp3) is 0.769. The Bertz CT molecular complexity index is 396. The average Bonchev–Trinajstić information content (AvgIpc) is 2.87. The van der Waals surface area contributed by atoms with Crippen molar-refractivity contribution in [1.82, 2.24) is 9.80 Å². The van der Waals surface area contributed by atoms with E-state index in [2.05, 4.69) is 0 Å². The van der Waals surface area contributed by atoms with Crippen LogP contribution in [-0.2, 0) is 14.4 Å². The Kier molecular flexibility index (Phi) is 4.07. The average molecular weight is 268 g/mol. The predicted molar refractivity (Wildman–Crippen MR) is 67.3 cm³/mol. The van der Waals surface area contributed by atoms with Crippen LogP contribution >= 0.6 is 0 Å². The van der Waals surface area contributed by atoms with Crippen LogP contribution in [0.5, 0.6) is 0 Å². The molecule has 2 rings (SSSR count). The fourth-order valence-electron chi connectivity index (χ4n) is 2.99. The number of carbonyl (C=O) groups is 3. The molecule has 1 N–H and O–H groups in total. The Balaban J connectivity index is 2.02. The first-order valence-corrected chi connectivity index (χ1v) is 6.79. The quantitative estimate of drug-likeness (QED) is 0.782. The van der Waals surface area contributed by atoms with Gasteiger partial charge in [0.05, 0.1) is 5.92 Å². The number of nitrogens with zero attached hydrogens (tertiary/aromatic N) is 2. The van der Waals surface area contributed by atoms with Crippen LogP contribution in [0.4, 0.5) is 0 Å². The Morgan fingerprint density at radius 1 is 1.11 bits per heavy atom. The highest BCUT2D eigenvalue weighted by molar-refractivity contribution is 5.86. The molecule has 2 aliphatic heterocycles. The summed E-state index contributed by atoms with van der Waals surface area (Å²) in [5.74, 6) is -1.28. The SMILES string of the molecule is CC(=O)N1CCCC(C(=O)N2CCC[C@@H]2C(=O)O)C1. The van der Waals surface area contributed by atoms with Gasteiger partial charge in [-0.1, -0.05) is 0 Å². The third kappa shape index (κ3) is 2.88. The minimum atomic E-state index is -0.926. The van der Waals surface area contributed by atoms with Gasteiger partial charge >= 0.3 is 5.97 Å². The lowest BCUT2D eigenvalue weighted by Gasteiger charge is -2.34. The van der Waals surface area contributed by atoms with Gasteiger partial charge in [0.1, 0.15) is 6.04 Å². The predicted octanol–water partition coefficient (Wildman–Crippen LogP) is 0.320. The standard InChI is InChI=1S/C13H20N2O4/c1-9(16)14-6-2-4-10(8-14)12(17)15-7-3-5-11(15)13(18)19/h10-11H,2-8H2,1H3,(H,18,19)/t10?,11-/m1/s1. The molecule has 0 aromatic rings. The van der Waals surface area contributed by atoms with Crippen molar-refractivity contribution in [1.29, 1.82) is 0 Å². The summed E-state index contributed by atoms with van der Waals surface area (Å²) in [6.45, 7) is 3.15. The topological polar surface area (TPSA) is 77.9 Å². The van der Waals surface area contributed by atoms with Crippen LogP contribution in [0, 0.1) is 5.92 Å². The number of rotatable bonds is 2. The molecular weight excluding hydrogens is 248 g/mol. The van der Waals surface area contributed by atoms with Crippen LogP contribution in [0.1, 0.15) is 32.6 Å². The monoisotopic (exact) mass is 268 g/mol. The first-order valence-electron chi connectivity index (χ1n) is 6.79. The number of hydrogen-bond donors (Lipinski definition) is 1. The third-order valence-corrected chi connectivity index (χ3v) is 4.04. The van der Waals surface area contributed by atoms with Crippen molar-refractivity contribution < 1.29 is 19.5 Å². The molecule has 106 valence electrons. The maximum Gasteiger partial charge on any atom is 0.326 e. The van der Waals surface area contributed by atoms with Crippen molar-refractivity contribution in [3.63, 3.8) is 0 Å². The number of aliphatic carboxylic acids is 1. The molecule has 0 aromatic heterocycles. The van der Waals surface area contributed by atoms with E-state index in [1.165, 1.54) is 11.8 Å². The normalized spacial score (nSPS) is 27.4. The molecule has 0 aliphatic carbocycles. The number of carbonyl (C=O) groups excluding carboxylic acids is 2. The molecule has 0 saturated carbocycles. The van der Waals surface area contributed by atoms with Gasteiger partial charge in [0.25, 0.3) is 0 Å². The lowest BCUT2D eigenvalue weighted by atomic mass is 9.96. The van der Waals surface area contributed by atoms with Crippen LogP contribution in [0.3, 0.4) is 0 Å². The Labute approximate surface area is 112 Å². The molecule has 0 aromatic carbocycles. The lowest BCUT2D eigenvalue weighted by Crippen LogP contribution is -2.49. The minimum absolute atomic E-state index is 0.0197. The number of amides is 2. The largest absolute Gasteiger partial charge is 0.480 e. The van der Waals surface area contributed by atoms with Crippen molar-refractivity contribution in [3.05, 3.63) is 0 Å². The maximum absolute atomic E-state index is 12.4. The van der Waals surface area contributed by atoms with E-state index >= 15 is 0 Å². The number of carboxylic acid groups (broad SMARTS) is 1. The molecule has 0 spiro atoms. The van der Waals surface area contributed by atoms with Crippen LogP contribution in [-0.4, -0.2) is 58.4 Å². The summed E-state index contributed by atoms with van der Waals surface area (Å²) in [7, 11) is 0. The van der Waals surface area contributed by atoms with Gasteiger partial charge in [0, 0.05) is 26.6 Å². The smallest absolute Gasteiger partial charge is 0.326 e. The van der Waals surface area contributed by atoms with E-state index in [4.69, 9.17) is 5.11 Å². The zero-order valence-corrected chi connectivity index (χ0v) is 11.2. The zero-order valence-electron chi connectivity index (χ0n) is 11.2. The summed E-state index contributed by atoms with van der Waals surface area (Å²) >= 11 is 0. The summed E-state index contributed by atoms with van der Waals surface area (Å²) in [5, 5.41) is 9.11. The molecule has 2 aliphatic rings. The molecule has 0 bridgehead atoms. The van der Waals surface area contributed by atoms with Gasteiger partial charge in [-0.05, 0) is 25.7 Å². The molecule has 2 saturated heterocycles. The fourth-order valence-corrected chi connectivity index (χ4v) is 2.99. The number of likely N-dealkylation sites (tertiary alicyclic amines) is 2. The summed E-state index contributed by atoms with van der Waals surface area (Å²) in [6, 6.07) is -0.680. The first-order chi connectivity index (χ1) is 9.00. The first kappa shape index (κ1) is 13.8. The van der Waals surface area contributed by atoms with Crippen LogP contribution < -0.4 is 0 Å². The minimum Gasteiger partial charge on any atom is -0.480 e. The molecule has 2 heterocycles. The second-order valence-electron chi connectivity index (χ2n) is 5.33. The van der Waals surface area contributed by atoms with E-state index in [0.717, 1.165) is 19.3 Å². The number of piperidine rings is 1. The Morgan fingerprint density at radius 3 is 2.42 bits per heavy atom. The molecule has 19 heavy (non-hydrogen) atoms.